The summed E-state index contributed by atoms with van der Waals surface area (Å²) >= 11 is 0. The van der Waals surface area contributed by atoms with Crippen molar-refractivity contribution >= 4 is 15.2 Å². The molecule has 0 heterocycles. The monoisotopic (exact) mass is 252 g/mol. The molecule has 0 spiro atoms. The Balaban J connectivity index is 2.61. The van der Waals surface area contributed by atoms with Crippen molar-refractivity contribution in [2.75, 3.05) is 0 Å². The normalized spacial score (nSPS) is 12.8. The Hall–Kier alpha value is -0.546. The summed E-state index contributed by atoms with van der Waals surface area (Å²) in [7, 11) is -1.98. The molecule has 0 aliphatic carbocycles. The quantitative estimate of drug-likeness (QED) is 0.801. The molecule has 3 heteroatoms. The number of phenols is 1. The van der Waals surface area contributed by atoms with E-state index in [4.69, 9.17) is 0 Å². The fraction of sp³-hybridized carbons (Fsp3) is 0.538. The molecule has 0 saturated heterocycles. The minimum absolute atomic E-state index is 0.366. The third-order valence-corrected chi connectivity index (χ3v) is 22.5. The number of benzene rings is 1. The second-order valence-electron chi connectivity index (χ2n) is 6.30. The molecule has 0 unspecified atom stereocenters. The van der Waals surface area contributed by atoms with Crippen molar-refractivity contribution in [1.29, 1.82) is 0 Å². The molecule has 1 nitrogen and oxygen atoms in total. The average molecular weight is 253 g/mol. The van der Waals surface area contributed by atoms with Gasteiger partial charge in [0.2, 0.25) is 0 Å². The van der Waals surface area contributed by atoms with E-state index in [-0.39, 0.29) is 0 Å². The Morgan fingerprint density at radius 1 is 0.938 bits per heavy atom. The van der Waals surface area contributed by atoms with Crippen molar-refractivity contribution in [2.45, 2.75) is 45.2 Å². The summed E-state index contributed by atoms with van der Waals surface area (Å²) in [6.07, 6.45) is 1.17. The van der Waals surface area contributed by atoms with Gasteiger partial charge in [-0.15, -0.1) is 0 Å². The molecule has 0 amide bonds. The first-order valence-corrected chi connectivity index (χ1v) is 13.7. The first-order valence-electron chi connectivity index (χ1n) is 6.00. The summed E-state index contributed by atoms with van der Waals surface area (Å²) in [6.45, 7) is 12.5. The van der Waals surface area contributed by atoms with E-state index in [1.807, 2.05) is 12.1 Å². The molecule has 0 radical (unpaired) electrons. The first kappa shape index (κ1) is 13.5. The fourth-order valence-electron chi connectivity index (χ4n) is 1.49. The average Bonchev–Trinajstić information content (AvgIpc) is 2.15. The number of hydrogen-bond donors (Lipinski definition) is 1. The molecule has 1 rings (SSSR count). The molecule has 0 atom stereocenters. The van der Waals surface area contributed by atoms with E-state index in [1.165, 1.54) is 18.0 Å². The van der Waals surface area contributed by atoms with Crippen LogP contribution in [0.3, 0.4) is 0 Å². The SMILES string of the molecule is C[Si](C)(C)[Si](C)(C)CCc1ccc(O)cc1. The number of aryl methyl sites for hydroxylation is 1. The number of hydrogen-bond acceptors (Lipinski definition) is 1. The maximum Gasteiger partial charge on any atom is 0.115 e. The van der Waals surface area contributed by atoms with Crippen molar-refractivity contribution in [3.05, 3.63) is 29.8 Å². The number of rotatable bonds is 4. The zero-order chi connectivity index (χ0) is 12.4. The molecule has 1 aromatic rings. The van der Waals surface area contributed by atoms with E-state index in [9.17, 15) is 5.11 Å². The minimum Gasteiger partial charge on any atom is -0.508 e. The Morgan fingerprint density at radius 2 is 1.44 bits per heavy atom. The summed E-state index contributed by atoms with van der Waals surface area (Å²) in [5.74, 6) is 0.366. The molecule has 16 heavy (non-hydrogen) atoms. The maximum atomic E-state index is 9.23. The van der Waals surface area contributed by atoms with E-state index in [1.54, 1.807) is 12.1 Å². The Morgan fingerprint density at radius 3 is 1.88 bits per heavy atom. The van der Waals surface area contributed by atoms with Crippen LogP contribution in [-0.2, 0) is 6.42 Å². The Bertz CT molecular complexity index is 336. The van der Waals surface area contributed by atoms with Gasteiger partial charge in [0.05, 0.1) is 0 Å². The summed E-state index contributed by atoms with van der Waals surface area (Å²) in [5.41, 5.74) is 1.36. The number of phenolic OH excluding ortho intramolecular Hbond substituents is 1. The van der Waals surface area contributed by atoms with E-state index in [2.05, 4.69) is 32.7 Å². The van der Waals surface area contributed by atoms with Gasteiger partial charge in [0.1, 0.15) is 5.75 Å². The van der Waals surface area contributed by atoms with Crippen molar-refractivity contribution < 1.29 is 5.11 Å². The fourth-order valence-corrected chi connectivity index (χ4v) is 5.78. The molecule has 0 aliphatic heterocycles. The van der Waals surface area contributed by atoms with Crippen LogP contribution in [-0.4, -0.2) is 20.3 Å². The van der Waals surface area contributed by atoms with Crippen LogP contribution in [0.1, 0.15) is 5.56 Å². The predicted octanol–water partition coefficient (Wildman–Crippen LogP) is 4.06. The second-order valence-corrected chi connectivity index (χ2v) is 23.6. The van der Waals surface area contributed by atoms with Gasteiger partial charge < -0.3 is 5.11 Å². The van der Waals surface area contributed by atoms with Crippen LogP contribution in [0.4, 0.5) is 0 Å². The smallest absolute Gasteiger partial charge is 0.115 e. The van der Waals surface area contributed by atoms with Gasteiger partial charge in [0.15, 0.2) is 0 Å². The summed E-state index contributed by atoms with van der Waals surface area (Å²) in [4.78, 5) is 0. The van der Waals surface area contributed by atoms with E-state index < -0.39 is 15.2 Å². The highest BCUT2D eigenvalue weighted by molar-refractivity contribution is 7.40. The van der Waals surface area contributed by atoms with Crippen LogP contribution in [0, 0.1) is 0 Å². The van der Waals surface area contributed by atoms with Gasteiger partial charge in [0.25, 0.3) is 0 Å². The van der Waals surface area contributed by atoms with Gasteiger partial charge in [-0.2, -0.15) is 0 Å². The van der Waals surface area contributed by atoms with Crippen LogP contribution >= 0.6 is 0 Å². The Labute approximate surface area is 101 Å². The molecule has 0 aliphatic rings. The van der Waals surface area contributed by atoms with Crippen molar-refractivity contribution in [1.82, 2.24) is 0 Å². The van der Waals surface area contributed by atoms with Crippen molar-refractivity contribution in [3.8, 4) is 5.75 Å². The van der Waals surface area contributed by atoms with Crippen LogP contribution in [0.15, 0.2) is 24.3 Å². The molecule has 0 bridgehead atoms. The predicted molar refractivity (Wildman–Crippen MR) is 77.4 cm³/mol. The molecule has 0 fully saturated rings. The van der Waals surface area contributed by atoms with Crippen LogP contribution in [0.2, 0.25) is 38.8 Å². The van der Waals surface area contributed by atoms with Crippen LogP contribution in [0.5, 0.6) is 5.75 Å². The van der Waals surface area contributed by atoms with Gasteiger partial charge >= 0.3 is 0 Å². The molecule has 1 N–H and O–H groups in total. The zero-order valence-corrected chi connectivity index (χ0v) is 13.2. The molecular weight excluding hydrogens is 228 g/mol. The molecular formula is C13H24OSi2. The van der Waals surface area contributed by atoms with Gasteiger partial charge in [-0.05, 0) is 24.1 Å². The van der Waals surface area contributed by atoms with Gasteiger partial charge in [-0.1, -0.05) is 50.9 Å². The van der Waals surface area contributed by atoms with Crippen molar-refractivity contribution in [2.24, 2.45) is 0 Å². The lowest BCUT2D eigenvalue weighted by Crippen LogP contribution is -2.52. The summed E-state index contributed by atoms with van der Waals surface area (Å²) < 4.78 is 0. The van der Waals surface area contributed by atoms with E-state index in [0.29, 0.717) is 5.75 Å². The van der Waals surface area contributed by atoms with Gasteiger partial charge in [-0.3, -0.25) is 0 Å². The van der Waals surface area contributed by atoms with Crippen LogP contribution in [0.25, 0.3) is 0 Å². The second kappa shape index (κ2) is 4.76. The van der Waals surface area contributed by atoms with E-state index in [0.717, 1.165) is 0 Å². The largest absolute Gasteiger partial charge is 0.508 e. The standard InChI is InChI=1S/C13H24OSi2/c1-15(2,3)16(4,5)11-10-12-6-8-13(14)9-7-12/h6-9,14H,10-11H2,1-5H3. The van der Waals surface area contributed by atoms with E-state index >= 15 is 0 Å². The van der Waals surface area contributed by atoms with Crippen LogP contribution < -0.4 is 0 Å². The molecule has 1 aromatic carbocycles. The molecule has 0 aromatic heterocycles. The highest BCUT2D eigenvalue weighted by Crippen LogP contribution is 2.25. The Kier molecular flexibility index (Phi) is 4.02. The lowest BCUT2D eigenvalue weighted by molar-refractivity contribution is 0.475. The highest BCUT2D eigenvalue weighted by Gasteiger charge is 2.35. The first-order chi connectivity index (χ1) is 7.22. The third-order valence-electron chi connectivity index (χ3n) is 4.01. The number of aromatic hydroxyl groups is 1. The summed E-state index contributed by atoms with van der Waals surface area (Å²) in [6, 6.07) is 9.04. The molecule has 90 valence electrons. The summed E-state index contributed by atoms with van der Waals surface area (Å²) in [5, 5.41) is 9.23. The topological polar surface area (TPSA) is 20.2 Å². The minimum atomic E-state index is -1.02. The highest BCUT2D eigenvalue weighted by atomic mass is 29.3. The van der Waals surface area contributed by atoms with Gasteiger partial charge in [-0.25, -0.2) is 0 Å². The lowest BCUT2D eigenvalue weighted by Gasteiger charge is -2.35. The zero-order valence-electron chi connectivity index (χ0n) is 11.2. The maximum absolute atomic E-state index is 9.23. The van der Waals surface area contributed by atoms with Gasteiger partial charge in [0, 0.05) is 15.2 Å². The third kappa shape index (κ3) is 3.49. The molecule has 0 saturated carbocycles. The van der Waals surface area contributed by atoms with Crippen molar-refractivity contribution in [3.63, 3.8) is 0 Å². The lowest BCUT2D eigenvalue weighted by atomic mass is 10.2.